The molecule has 1 saturated carbocycles. The van der Waals surface area contributed by atoms with Crippen LogP contribution in [0.3, 0.4) is 0 Å². The summed E-state index contributed by atoms with van der Waals surface area (Å²) in [6, 6.07) is 2.11. The van der Waals surface area contributed by atoms with Crippen molar-refractivity contribution in [1.82, 2.24) is 4.90 Å². The Balaban J connectivity index is 1.60. The highest BCUT2D eigenvalue weighted by Gasteiger charge is 2.20. The second kappa shape index (κ2) is 6.15. The first-order valence-corrected chi connectivity index (χ1v) is 7.41. The minimum atomic E-state index is 0.857. The number of rotatable bonds is 7. The molecule has 1 fully saturated rings. The summed E-state index contributed by atoms with van der Waals surface area (Å²) in [7, 11) is 2.15. The molecule has 1 heterocycles. The Labute approximate surface area is 110 Å². The molecule has 2 rings (SSSR count). The number of hydrogen-bond donors (Lipinski definition) is 0. The summed E-state index contributed by atoms with van der Waals surface area (Å²) in [6.07, 6.45) is 2.75. The fraction of sp³-hybridized carbons (Fsp3) is 0.667. The molecular formula is C12H18BrNOS. The maximum absolute atomic E-state index is 5.63. The molecule has 0 bridgehead atoms. The van der Waals surface area contributed by atoms with Crippen LogP contribution in [0.25, 0.3) is 0 Å². The molecule has 1 aliphatic carbocycles. The molecule has 0 aromatic carbocycles. The van der Waals surface area contributed by atoms with Crippen LogP contribution in [0.1, 0.15) is 17.7 Å². The van der Waals surface area contributed by atoms with Crippen molar-refractivity contribution in [2.24, 2.45) is 5.92 Å². The van der Waals surface area contributed by atoms with E-state index >= 15 is 0 Å². The highest BCUT2D eigenvalue weighted by Crippen LogP contribution is 2.28. The van der Waals surface area contributed by atoms with Gasteiger partial charge in [0.1, 0.15) is 0 Å². The molecule has 0 spiro atoms. The lowest BCUT2D eigenvalue weighted by molar-refractivity contribution is 0.102. The van der Waals surface area contributed by atoms with Crippen LogP contribution in [0.2, 0.25) is 0 Å². The molecule has 1 aromatic rings. The zero-order valence-electron chi connectivity index (χ0n) is 9.62. The molecule has 4 heteroatoms. The summed E-state index contributed by atoms with van der Waals surface area (Å²) in [5.74, 6) is 0.872. The van der Waals surface area contributed by atoms with Gasteiger partial charge in [-0.25, -0.2) is 0 Å². The van der Waals surface area contributed by atoms with Gasteiger partial charge in [-0.15, -0.1) is 11.3 Å². The zero-order chi connectivity index (χ0) is 11.4. The number of nitrogens with zero attached hydrogens (tertiary/aromatic N) is 1. The van der Waals surface area contributed by atoms with E-state index in [1.165, 1.54) is 22.2 Å². The van der Waals surface area contributed by atoms with Gasteiger partial charge in [-0.1, -0.05) is 0 Å². The predicted octanol–water partition coefficient (Wildman–Crippen LogP) is 3.37. The Hall–Kier alpha value is 0.100. The van der Waals surface area contributed by atoms with E-state index in [0.29, 0.717) is 0 Å². The van der Waals surface area contributed by atoms with E-state index in [0.717, 1.165) is 32.2 Å². The molecule has 0 N–H and O–H groups in total. The molecule has 1 aromatic heterocycles. The number of ether oxygens (including phenoxy) is 1. The fourth-order valence-corrected chi connectivity index (χ4v) is 3.07. The number of thiophene rings is 1. The molecule has 0 amide bonds. The van der Waals surface area contributed by atoms with Crippen molar-refractivity contribution in [3.05, 3.63) is 20.8 Å². The maximum Gasteiger partial charge on any atom is 0.0593 e. The summed E-state index contributed by atoms with van der Waals surface area (Å²) in [5, 5.41) is 2.12. The third-order valence-corrected chi connectivity index (χ3v) is 4.68. The van der Waals surface area contributed by atoms with E-state index in [1.54, 1.807) is 11.3 Å². The van der Waals surface area contributed by atoms with Crippen molar-refractivity contribution in [2.75, 3.05) is 26.8 Å². The van der Waals surface area contributed by atoms with Gasteiger partial charge >= 0.3 is 0 Å². The topological polar surface area (TPSA) is 12.5 Å². The van der Waals surface area contributed by atoms with Crippen molar-refractivity contribution < 1.29 is 4.74 Å². The van der Waals surface area contributed by atoms with E-state index in [9.17, 15) is 0 Å². The minimum Gasteiger partial charge on any atom is -0.380 e. The van der Waals surface area contributed by atoms with Gasteiger partial charge in [0, 0.05) is 29.0 Å². The van der Waals surface area contributed by atoms with Crippen LogP contribution in [0.4, 0.5) is 0 Å². The zero-order valence-corrected chi connectivity index (χ0v) is 12.0. The van der Waals surface area contributed by atoms with Crippen LogP contribution >= 0.6 is 27.3 Å². The van der Waals surface area contributed by atoms with Crippen molar-refractivity contribution in [3.8, 4) is 0 Å². The standard InChI is InChI=1S/C12H18BrNOS/c1-14(5-6-15-9-10-2-3-10)8-12-11(13)4-7-16-12/h4,7,10H,2-3,5-6,8-9H2,1H3. The molecular weight excluding hydrogens is 286 g/mol. The summed E-state index contributed by atoms with van der Waals surface area (Å²) in [5.41, 5.74) is 0. The van der Waals surface area contributed by atoms with Crippen LogP contribution in [0.5, 0.6) is 0 Å². The average molecular weight is 304 g/mol. The van der Waals surface area contributed by atoms with Gasteiger partial charge in [-0.2, -0.15) is 0 Å². The summed E-state index contributed by atoms with van der Waals surface area (Å²) in [4.78, 5) is 3.70. The van der Waals surface area contributed by atoms with E-state index in [2.05, 4.69) is 39.3 Å². The smallest absolute Gasteiger partial charge is 0.0593 e. The quantitative estimate of drug-likeness (QED) is 0.716. The lowest BCUT2D eigenvalue weighted by atomic mass is 10.4. The first kappa shape index (κ1) is 12.6. The van der Waals surface area contributed by atoms with Crippen molar-refractivity contribution >= 4 is 27.3 Å². The SMILES string of the molecule is CN(CCOCC1CC1)Cc1sccc1Br. The molecule has 0 saturated heterocycles. The Morgan fingerprint density at radius 2 is 2.38 bits per heavy atom. The Morgan fingerprint density at radius 1 is 1.56 bits per heavy atom. The second-order valence-corrected chi connectivity index (χ2v) is 6.30. The number of hydrogen-bond acceptors (Lipinski definition) is 3. The molecule has 1 aliphatic rings. The fourth-order valence-electron chi connectivity index (χ4n) is 1.52. The maximum atomic E-state index is 5.63. The third-order valence-electron chi connectivity index (χ3n) is 2.77. The molecule has 0 radical (unpaired) electrons. The summed E-state index contributed by atoms with van der Waals surface area (Å²) in [6.45, 7) is 3.84. The molecule has 2 nitrogen and oxygen atoms in total. The van der Waals surface area contributed by atoms with Gasteiger partial charge in [-0.05, 0) is 53.2 Å². The highest BCUT2D eigenvalue weighted by atomic mass is 79.9. The van der Waals surface area contributed by atoms with Crippen molar-refractivity contribution in [1.29, 1.82) is 0 Å². The molecule has 90 valence electrons. The third kappa shape index (κ3) is 4.17. The summed E-state index contributed by atoms with van der Waals surface area (Å²) < 4.78 is 6.85. The predicted molar refractivity (Wildman–Crippen MR) is 71.9 cm³/mol. The van der Waals surface area contributed by atoms with E-state index < -0.39 is 0 Å². The summed E-state index contributed by atoms with van der Waals surface area (Å²) >= 11 is 5.36. The Morgan fingerprint density at radius 3 is 3.00 bits per heavy atom. The van der Waals surface area contributed by atoms with Crippen molar-refractivity contribution in [2.45, 2.75) is 19.4 Å². The van der Waals surface area contributed by atoms with Gasteiger partial charge in [0.25, 0.3) is 0 Å². The van der Waals surface area contributed by atoms with Gasteiger partial charge in [0.05, 0.1) is 6.61 Å². The van der Waals surface area contributed by atoms with Gasteiger partial charge in [0.2, 0.25) is 0 Å². The van der Waals surface area contributed by atoms with Crippen LogP contribution in [0, 0.1) is 5.92 Å². The normalized spacial score (nSPS) is 15.9. The lowest BCUT2D eigenvalue weighted by Crippen LogP contribution is -2.22. The Kier molecular flexibility index (Phi) is 4.82. The van der Waals surface area contributed by atoms with E-state index in [-0.39, 0.29) is 0 Å². The van der Waals surface area contributed by atoms with Crippen LogP contribution in [0.15, 0.2) is 15.9 Å². The Bertz CT molecular complexity index is 325. The molecule has 0 aliphatic heterocycles. The van der Waals surface area contributed by atoms with Gasteiger partial charge in [0.15, 0.2) is 0 Å². The van der Waals surface area contributed by atoms with E-state index in [1.807, 2.05) is 0 Å². The van der Waals surface area contributed by atoms with E-state index in [4.69, 9.17) is 4.74 Å². The van der Waals surface area contributed by atoms with Crippen molar-refractivity contribution in [3.63, 3.8) is 0 Å². The molecule has 0 unspecified atom stereocenters. The monoisotopic (exact) mass is 303 g/mol. The van der Waals surface area contributed by atoms with Crippen LogP contribution in [-0.2, 0) is 11.3 Å². The van der Waals surface area contributed by atoms with Gasteiger partial charge in [-0.3, -0.25) is 4.90 Å². The number of likely N-dealkylation sites (N-methyl/N-ethyl adjacent to an activating group) is 1. The van der Waals surface area contributed by atoms with Gasteiger partial charge < -0.3 is 4.74 Å². The minimum absolute atomic E-state index is 0.857. The largest absolute Gasteiger partial charge is 0.380 e. The molecule has 0 atom stereocenters. The number of halogens is 1. The van der Waals surface area contributed by atoms with Crippen LogP contribution < -0.4 is 0 Å². The first-order chi connectivity index (χ1) is 7.75. The highest BCUT2D eigenvalue weighted by molar-refractivity contribution is 9.10. The van der Waals surface area contributed by atoms with Crippen LogP contribution in [-0.4, -0.2) is 31.7 Å². The second-order valence-electron chi connectivity index (χ2n) is 4.45. The molecule has 16 heavy (non-hydrogen) atoms. The lowest BCUT2D eigenvalue weighted by Gasteiger charge is -2.15. The first-order valence-electron chi connectivity index (χ1n) is 5.74. The average Bonchev–Trinajstić information content (AvgIpc) is 3.00.